The molecule has 23 heavy (non-hydrogen) atoms. The number of hydrogen-bond donors (Lipinski definition) is 0. The molecule has 3 rings (SSSR count). The number of ether oxygens (including phenoxy) is 1. The van der Waals surface area contributed by atoms with E-state index in [0.29, 0.717) is 6.61 Å². The zero-order chi connectivity index (χ0) is 16.2. The SMILES string of the molecule is CCOc1ccc(/C=C/C(=O)N2c3ccccc3C[C@H]2C)cc1. The number of hydrogen-bond acceptors (Lipinski definition) is 2. The number of fused-ring (bicyclic) bond motifs is 1. The third kappa shape index (κ3) is 3.29. The number of para-hydroxylation sites is 1. The molecule has 0 N–H and O–H groups in total. The van der Waals surface area contributed by atoms with Gasteiger partial charge in [-0.15, -0.1) is 0 Å². The molecule has 3 nitrogen and oxygen atoms in total. The van der Waals surface area contributed by atoms with Crippen molar-refractivity contribution in [3.63, 3.8) is 0 Å². The molecule has 0 aromatic heterocycles. The van der Waals surface area contributed by atoms with Crippen LogP contribution in [-0.2, 0) is 11.2 Å². The summed E-state index contributed by atoms with van der Waals surface area (Å²) in [6.07, 6.45) is 4.42. The minimum Gasteiger partial charge on any atom is -0.494 e. The molecule has 1 amide bonds. The van der Waals surface area contributed by atoms with Crippen LogP contribution in [0.25, 0.3) is 6.08 Å². The van der Waals surface area contributed by atoms with Crippen molar-refractivity contribution in [3.05, 3.63) is 65.7 Å². The minimum absolute atomic E-state index is 0.0244. The molecule has 0 aliphatic carbocycles. The van der Waals surface area contributed by atoms with Gasteiger partial charge in [0, 0.05) is 17.8 Å². The van der Waals surface area contributed by atoms with E-state index in [9.17, 15) is 4.79 Å². The molecule has 0 radical (unpaired) electrons. The van der Waals surface area contributed by atoms with Crippen molar-refractivity contribution in [2.24, 2.45) is 0 Å². The summed E-state index contributed by atoms with van der Waals surface area (Å²) in [5.41, 5.74) is 3.26. The molecule has 0 spiro atoms. The summed E-state index contributed by atoms with van der Waals surface area (Å²) >= 11 is 0. The first kappa shape index (κ1) is 15.3. The Kier molecular flexibility index (Phi) is 4.47. The summed E-state index contributed by atoms with van der Waals surface area (Å²) in [5.74, 6) is 0.870. The lowest BCUT2D eigenvalue weighted by atomic mass is 10.1. The Morgan fingerprint density at radius 1 is 1.22 bits per heavy atom. The summed E-state index contributed by atoms with van der Waals surface area (Å²) in [6.45, 7) is 4.70. The molecule has 118 valence electrons. The molecule has 0 bridgehead atoms. The number of carbonyl (C=O) groups excluding carboxylic acids is 1. The van der Waals surface area contributed by atoms with Crippen molar-refractivity contribution in [2.75, 3.05) is 11.5 Å². The van der Waals surface area contributed by atoms with E-state index >= 15 is 0 Å². The van der Waals surface area contributed by atoms with E-state index in [1.807, 2.05) is 60.4 Å². The highest BCUT2D eigenvalue weighted by molar-refractivity contribution is 6.05. The second kappa shape index (κ2) is 6.69. The van der Waals surface area contributed by atoms with Crippen molar-refractivity contribution >= 4 is 17.7 Å². The number of rotatable bonds is 4. The van der Waals surface area contributed by atoms with Gasteiger partial charge in [0.05, 0.1) is 6.61 Å². The topological polar surface area (TPSA) is 29.5 Å². The van der Waals surface area contributed by atoms with Gasteiger partial charge in [-0.2, -0.15) is 0 Å². The van der Waals surface area contributed by atoms with Gasteiger partial charge in [-0.25, -0.2) is 0 Å². The van der Waals surface area contributed by atoms with Crippen LogP contribution in [0, 0.1) is 0 Å². The molecule has 0 saturated heterocycles. The first-order valence-corrected chi connectivity index (χ1v) is 8.01. The maximum atomic E-state index is 12.6. The summed E-state index contributed by atoms with van der Waals surface area (Å²) in [6, 6.07) is 16.1. The van der Waals surface area contributed by atoms with Crippen molar-refractivity contribution in [1.29, 1.82) is 0 Å². The Labute approximate surface area is 137 Å². The number of benzene rings is 2. The van der Waals surface area contributed by atoms with E-state index in [1.165, 1.54) is 5.56 Å². The molecule has 1 aliphatic rings. The normalized spacial score (nSPS) is 16.6. The highest BCUT2D eigenvalue weighted by Gasteiger charge is 2.29. The average Bonchev–Trinajstić information content (AvgIpc) is 2.90. The highest BCUT2D eigenvalue weighted by atomic mass is 16.5. The summed E-state index contributed by atoms with van der Waals surface area (Å²) in [5, 5.41) is 0. The number of amides is 1. The molecule has 1 heterocycles. The monoisotopic (exact) mass is 307 g/mol. The summed E-state index contributed by atoms with van der Waals surface area (Å²) in [4.78, 5) is 14.5. The van der Waals surface area contributed by atoms with Crippen LogP contribution in [0.1, 0.15) is 25.0 Å². The van der Waals surface area contributed by atoms with E-state index in [2.05, 4.69) is 13.0 Å². The number of carbonyl (C=O) groups is 1. The van der Waals surface area contributed by atoms with Crippen LogP contribution in [0.4, 0.5) is 5.69 Å². The quantitative estimate of drug-likeness (QED) is 0.797. The van der Waals surface area contributed by atoms with E-state index < -0.39 is 0 Å². The molecule has 1 aliphatic heterocycles. The first-order valence-electron chi connectivity index (χ1n) is 8.01. The second-order valence-electron chi connectivity index (χ2n) is 5.73. The third-order valence-corrected chi connectivity index (χ3v) is 4.05. The van der Waals surface area contributed by atoms with Crippen molar-refractivity contribution in [1.82, 2.24) is 0 Å². The molecule has 2 aromatic carbocycles. The molecular weight excluding hydrogens is 286 g/mol. The second-order valence-corrected chi connectivity index (χ2v) is 5.73. The Balaban J connectivity index is 1.74. The molecule has 1 atom stereocenters. The standard InChI is InChI=1S/C20H21NO2/c1-3-23-18-11-8-16(9-12-18)10-13-20(22)21-15(2)14-17-6-4-5-7-19(17)21/h4-13,15H,3,14H2,1-2H3/b13-10+/t15-/m1/s1. The van der Waals surface area contributed by atoms with E-state index in [-0.39, 0.29) is 11.9 Å². The maximum Gasteiger partial charge on any atom is 0.251 e. The van der Waals surface area contributed by atoms with Gasteiger partial charge >= 0.3 is 0 Å². The lowest BCUT2D eigenvalue weighted by Gasteiger charge is -2.20. The highest BCUT2D eigenvalue weighted by Crippen LogP contribution is 2.32. The fourth-order valence-corrected chi connectivity index (χ4v) is 2.99. The van der Waals surface area contributed by atoms with Crippen LogP contribution < -0.4 is 9.64 Å². The van der Waals surface area contributed by atoms with E-state index in [1.54, 1.807) is 6.08 Å². The van der Waals surface area contributed by atoms with Crippen LogP contribution in [-0.4, -0.2) is 18.6 Å². The van der Waals surface area contributed by atoms with Crippen molar-refractivity contribution in [3.8, 4) is 5.75 Å². The fraction of sp³-hybridized carbons (Fsp3) is 0.250. The van der Waals surface area contributed by atoms with Gasteiger partial charge in [-0.1, -0.05) is 30.3 Å². The van der Waals surface area contributed by atoms with Gasteiger partial charge in [-0.3, -0.25) is 4.79 Å². The predicted molar refractivity (Wildman–Crippen MR) is 93.7 cm³/mol. The number of nitrogens with zero attached hydrogens (tertiary/aromatic N) is 1. The molecule has 0 unspecified atom stereocenters. The van der Waals surface area contributed by atoms with Gasteiger partial charge in [0.15, 0.2) is 0 Å². The Morgan fingerprint density at radius 3 is 2.70 bits per heavy atom. The molecule has 0 saturated carbocycles. The first-order chi connectivity index (χ1) is 11.2. The van der Waals surface area contributed by atoms with Gasteiger partial charge in [0.1, 0.15) is 5.75 Å². The van der Waals surface area contributed by atoms with Crippen molar-refractivity contribution in [2.45, 2.75) is 26.3 Å². The van der Waals surface area contributed by atoms with E-state index in [4.69, 9.17) is 4.74 Å². The van der Waals surface area contributed by atoms with E-state index in [0.717, 1.165) is 23.4 Å². The van der Waals surface area contributed by atoms with Gasteiger partial charge in [0.2, 0.25) is 0 Å². The van der Waals surface area contributed by atoms with Crippen LogP contribution >= 0.6 is 0 Å². The Bertz CT molecular complexity index is 719. The molecule has 3 heteroatoms. The largest absolute Gasteiger partial charge is 0.494 e. The maximum absolute atomic E-state index is 12.6. The summed E-state index contributed by atoms with van der Waals surface area (Å²) in [7, 11) is 0. The van der Waals surface area contributed by atoms with Crippen LogP contribution in [0.2, 0.25) is 0 Å². The lowest BCUT2D eigenvalue weighted by Crippen LogP contribution is -2.34. The van der Waals surface area contributed by atoms with Crippen LogP contribution in [0.15, 0.2) is 54.6 Å². The Hall–Kier alpha value is -2.55. The minimum atomic E-state index is 0.0244. The average molecular weight is 307 g/mol. The summed E-state index contributed by atoms with van der Waals surface area (Å²) < 4.78 is 5.42. The molecule has 0 fully saturated rings. The van der Waals surface area contributed by atoms with Crippen LogP contribution in [0.5, 0.6) is 5.75 Å². The molecule has 2 aromatic rings. The zero-order valence-electron chi connectivity index (χ0n) is 13.5. The third-order valence-electron chi connectivity index (χ3n) is 4.05. The van der Waals surface area contributed by atoms with Gasteiger partial charge in [-0.05, 0) is 55.7 Å². The van der Waals surface area contributed by atoms with Crippen molar-refractivity contribution < 1.29 is 9.53 Å². The Morgan fingerprint density at radius 2 is 1.96 bits per heavy atom. The predicted octanol–water partition coefficient (Wildman–Crippen LogP) is 4.08. The number of anilines is 1. The smallest absolute Gasteiger partial charge is 0.251 e. The lowest BCUT2D eigenvalue weighted by molar-refractivity contribution is -0.114. The fourth-order valence-electron chi connectivity index (χ4n) is 2.99. The van der Waals surface area contributed by atoms with Gasteiger partial charge < -0.3 is 9.64 Å². The van der Waals surface area contributed by atoms with Crippen LogP contribution in [0.3, 0.4) is 0 Å². The van der Waals surface area contributed by atoms with Gasteiger partial charge in [0.25, 0.3) is 5.91 Å². The molecular formula is C20H21NO2. The zero-order valence-corrected chi connectivity index (χ0v) is 13.5.